The molecule has 0 aliphatic rings. The number of benzene rings is 1. The first-order chi connectivity index (χ1) is 9.40. The molecule has 7 nitrogen and oxygen atoms in total. The zero-order valence-electron chi connectivity index (χ0n) is 10.6. The monoisotopic (exact) mass is 311 g/mol. The number of hydrogen-bond acceptors (Lipinski definition) is 5. The minimum Gasteiger partial charge on any atom is -0.389 e. The molecule has 0 spiro atoms. The second kappa shape index (κ2) is 5.65. The van der Waals surface area contributed by atoms with Gasteiger partial charge in [0.2, 0.25) is 10.0 Å². The zero-order chi connectivity index (χ0) is 14.8. The molecule has 20 heavy (non-hydrogen) atoms. The number of nitrogens with zero attached hydrogens (tertiary/aromatic N) is 2. The van der Waals surface area contributed by atoms with Crippen molar-refractivity contribution in [2.75, 3.05) is 0 Å². The van der Waals surface area contributed by atoms with Gasteiger partial charge in [-0.05, 0) is 19.1 Å². The van der Waals surface area contributed by atoms with Gasteiger partial charge in [-0.2, -0.15) is 5.10 Å². The van der Waals surface area contributed by atoms with Crippen molar-refractivity contribution in [3.8, 4) is 0 Å². The molecular formula is C11H13N5O2S2. The summed E-state index contributed by atoms with van der Waals surface area (Å²) in [5, 5.41) is 6.29. The minimum atomic E-state index is -3.69. The van der Waals surface area contributed by atoms with E-state index >= 15 is 0 Å². The van der Waals surface area contributed by atoms with E-state index in [0.717, 1.165) is 0 Å². The Balaban J connectivity index is 2.26. The van der Waals surface area contributed by atoms with Crippen LogP contribution >= 0.6 is 12.2 Å². The van der Waals surface area contributed by atoms with Crippen molar-refractivity contribution in [3.63, 3.8) is 0 Å². The van der Waals surface area contributed by atoms with Crippen LogP contribution in [0.1, 0.15) is 24.4 Å². The van der Waals surface area contributed by atoms with Gasteiger partial charge >= 0.3 is 0 Å². The Morgan fingerprint density at radius 2 is 2.25 bits per heavy atom. The van der Waals surface area contributed by atoms with Gasteiger partial charge < -0.3 is 5.73 Å². The summed E-state index contributed by atoms with van der Waals surface area (Å²) in [7, 11) is -3.69. The van der Waals surface area contributed by atoms with E-state index in [4.69, 9.17) is 18.0 Å². The molecular weight excluding hydrogens is 298 g/mol. The Labute approximate surface area is 121 Å². The topological polar surface area (TPSA) is 114 Å². The quantitative estimate of drug-likeness (QED) is 0.692. The van der Waals surface area contributed by atoms with Gasteiger partial charge in [-0.3, -0.25) is 5.10 Å². The number of nitrogens with two attached hydrogens (primary N) is 1. The first-order valence-corrected chi connectivity index (χ1v) is 7.57. The number of aromatic nitrogens is 3. The van der Waals surface area contributed by atoms with Crippen molar-refractivity contribution in [1.29, 1.82) is 0 Å². The van der Waals surface area contributed by atoms with Crippen molar-refractivity contribution >= 4 is 27.2 Å². The summed E-state index contributed by atoms with van der Waals surface area (Å²) in [6.07, 6.45) is 1.31. The van der Waals surface area contributed by atoms with Gasteiger partial charge in [0.25, 0.3) is 0 Å². The molecule has 0 amide bonds. The molecule has 0 saturated carbocycles. The lowest BCUT2D eigenvalue weighted by Gasteiger charge is -2.12. The van der Waals surface area contributed by atoms with E-state index in [1.54, 1.807) is 19.1 Å². The summed E-state index contributed by atoms with van der Waals surface area (Å²) in [4.78, 5) is 4.14. The Hall–Kier alpha value is -1.84. The maximum atomic E-state index is 12.3. The van der Waals surface area contributed by atoms with Crippen molar-refractivity contribution in [3.05, 3.63) is 42.0 Å². The van der Waals surface area contributed by atoms with Gasteiger partial charge in [0.1, 0.15) is 17.1 Å². The third-order valence-electron chi connectivity index (χ3n) is 2.60. The minimum absolute atomic E-state index is 0.0918. The third kappa shape index (κ3) is 3.18. The number of thiocarbonyl (C=S) groups is 1. The van der Waals surface area contributed by atoms with Crippen LogP contribution in [0.3, 0.4) is 0 Å². The Morgan fingerprint density at radius 1 is 1.50 bits per heavy atom. The highest BCUT2D eigenvalue weighted by molar-refractivity contribution is 7.89. The molecule has 0 aliphatic heterocycles. The van der Waals surface area contributed by atoms with Crippen LogP contribution in [0.4, 0.5) is 0 Å². The zero-order valence-corrected chi connectivity index (χ0v) is 12.2. The maximum absolute atomic E-state index is 12.3. The fourth-order valence-electron chi connectivity index (χ4n) is 1.60. The fourth-order valence-corrected chi connectivity index (χ4v) is 2.98. The molecule has 0 saturated heterocycles. The molecule has 1 unspecified atom stereocenters. The van der Waals surface area contributed by atoms with E-state index in [2.05, 4.69) is 19.9 Å². The van der Waals surface area contributed by atoms with Crippen LogP contribution < -0.4 is 10.5 Å². The Bertz CT molecular complexity index is 712. The van der Waals surface area contributed by atoms with Crippen LogP contribution in [0.15, 0.2) is 35.5 Å². The summed E-state index contributed by atoms with van der Waals surface area (Å²) >= 11 is 4.84. The Morgan fingerprint density at radius 3 is 2.85 bits per heavy atom. The van der Waals surface area contributed by atoms with Crippen LogP contribution in [0.25, 0.3) is 0 Å². The van der Waals surface area contributed by atoms with E-state index in [1.165, 1.54) is 18.5 Å². The molecule has 2 aromatic rings. The van der Waals surface area contributed by atoms with Gasteiger partial charge in [0.05, 0.1) is 10.9 Å². The van der Waals surface area contributed by atoms with Gasteiger partial charge in [-0.1, -0.05) is 24.4 Å². The lowest BCUT2D eigenvalue weighted by Crippen LogP contribution is -2.28. The number of hydrogen-bond donors (Lipinski definition) is 3. The molecule has 1 aromatic heterocycles. The largest absolute Gasteiger partial charge is 0.389 e. The van der Waals surface area contributed by atoms with Gasteiger partial charge in [0, 0.05) is 5.56 Å². The van der Waals surface area contributed by atoms with Crippen LogP contribution in [0, 0.1) is 0 Å². The molecule has 2 rings (SSSR count). The summed E-state index contributed by atoms with van der Waals surface area (Å²) in [6, 6.07) is 5.61. The number of rotatable bonds is 5. The summed E-state index contributed by atoms with van der Waals surface area (Å²) in [5.41, 5.74) is 5.99. The molecule has 9 heteroatoms. The second-order valence-electron chi connectivity index (χ2n) is 4.11. The molecule has 0 aliphatic carbocycles. The Kier molecular flexibility index (Phi) is 4.12. The first kappa shape index (κ1) is 14.6. The van der Waals surface area contributed by atoms with Crippen LogP contribution in [-0.4, -0.2) is 28.6 Å². The van der Waals surface area contributed by atoms with Crippen LogP contribution in [0.2, 0.25) is 0 Å². The predicted molar refractivity (Wildman–Crippen MR) is 77.4 cm³/mol. The normalized spacial score (nSPS) is 13.1. The molecule has 0 fully saturated rings. The van der Waals surface area contributed by atoms with Gasteiger partial charge in [-0.15, -0.1) is 0 Å². The van der Waals surface area contributed by atoms with Crippen LogP contribution in [-0.2, 0) is 10.0 Å². The third-order valence-corrected chi connectivity index (χ3v) is 4.38. The predicted octanol–water partition coefficient (Wildman–Crippen LogP) is 0.478. The number of aromatic amines is 1. The molecule has 1 atom stereocenters. The number of H-pyrrole nitrogens is 1. The molecule has 4 N–H and O–H groups in total. The molecule has 0 bridgehead atoms. The van der Waals surface area contributed by atoms with E-state index in [1.807, 2.05) is 0 Å². The smallest absolute Gasteiger partial charge is 0.241 e. The summed E-state index contributed by atoms with van der Waals surface area (Å²) in [6.45, 7) is 1.66. The lowest BCUT2D eigenvalue weighted by molar-refractivity contribution is 0.560. The van der Waals surface area contributed by atoms with Crippen LogP contribution in [0.5, 0.6) is 0 Å². The van der Waals surface area contributed by atoms with Crippen molar-refractivity contribution in [1.82, 2.24) is 19.9 Å². The highest BCUT2D eigenvalue weighted by Gasteiger charge is 2.20. The fraction of sp³-hybridized carbons (Fsp3) is 0.182. The average Bonchev–Trinajstić information content (AvgIpc) is 2.92. The average molecular weight is 311 g/mol. The van der Waals surface area contributed by atoms with Crippen molar-refractivity contribution in [2.24, 2.45) is 5.73 Å². The molecule has 106 valence electrons. The highest BCUT2D eigenvalue weighted by atomic mass is 32.2. The number of nitrogens with one attached hydrogen (secondary N) is 2. The highest BCUT2D eigenvalue weighted by Crippen LogP contribution is 2.15. The number of sulfonamides is 1. The molecule has 1 heterocycles. The first-order valence-electron chi connectivity index (χ1n) is 5.67. The SMILES string of the molecule is CC(NS(=O)(=O)c1cccc(C(N)=S)c1)c1ncn[nH]1. The second-order valence-corrected chi connectivity index (χ2v) is 6.26. The molecule has 1 aromatic carbocycles. The maximum Gasteiger partial charge on any atom is 0.241 e. The lowest BCUT2D eigenvalue weighted by atomic mass is 10.2. The molecule has 0 radical (unpaired) electrons. The van der Waals surface area contributed by atoms with Crippen molar-refractivity contribution in [2.45, 2.75) is 17.9 Å². The van der Waals surface area contributed by atoms with E-state index < -0.39 is 16.1 Å². The van der Waals surface area contributed by atoms with Gasteiger partial charge in [-0.25, -0.2) is 18.1 Å². The van der Waals surface area contributed by atoms with Gasteiger partial charge in [0.15, 0.2) is 0 Å². The van der Waals surface area contributed by atoms with Crippen molar-refractivity contribution < 1.29 is 8.42 Å². The standard InChI is InChI=1S/C11H13N5O2S2/c1-7(11-13-6-14-15-11)16-20(17,18)9-4-2-3-8(5-9)10(12)19/h2-7,16H,1H3,(H2,12,19)(H,13,14,15). The van der Waals surface area contributed by atoms with E-state index in [0.29, 0.717) is 11.4 Å². The van der Waals surface area contributed by atoms with E-state index in [9.17, 15) is 8.42 Å². The van der Waals surface area contributed by atoms with E-state index in [-0.39, 0.29) is 9.88 Å². The summed E-state index contributed by atoms with van der Waals surface area (Å²) in [5.74, 6) is 0.430. The summed E-state index contributed by atoms with van der Waals surface area (Å²) < 4.78 is 27.0.